The third-order valence-corrected chi connectivity index (χ3v) is 4.97. The third kappa shape index (κ3) is 3.09. The lowest BCUT2D eigenvalue weighted by atomic mass is 10.00. The number of ether oxygens (including phenoxy) is 1. The second-order valence-electron chi connectivity index (χ2n) is 7.16. The molecule has 0 saturated heterocycles. The molecule has 1 aromatic heterocycles. The zero-order valence-electron chi connectivity index (χ0n) is 15.7. The summed E-state index contributed by atoms with van der Waals surface area (Å²) in [5.41, 5.74) is 0.833. The Hall–Kier alpha value is -3.35. The molecule has 3 aromatic rings. The Morgan fingerprint density at radius 2 is 2.00 bits per heavy atom. The number of carbonyl (C=O) groups is 1. The van der Waals surface area contributed by atoms with Crippen LogP contribution in [0.15, 0.2) is 52.1 Å². The molecule has 0 spiro atoms. The summed E-state index contributed by atoms with van der Waals surface area (Å²) in [6, 6.07) is 12.0. The van der Waals surface area contributed by atoms with Gasteiger partial charge in [0.05, 0.1) is 23.6 Å². The van der Waals surface area contributed by atoms with Crippen molar-refractivity contribution in [2.24, 2.45) is 0 Å². The number of fused-ring (bicyclic) bond motifs is 2. The molecule has 2 aromatic carbocycles. The number of para-hydroxylation sites is 1. The van der Waals surface area contributed by atoms with Crippen molar-refractivity contribution in [1.29, 1.82) is 0 Å². The maximum Gasteiger partial charge on any atom is 0.329 e. The number of aromatic amines is 1. The Balaban J connectivity index is 1.67. The Morgan fingerprint density at radius 1 is 1.21 bits per heavy atom. The summed E-state index contributed by atoms with van der Waals surface area (Å²) in [4.78, 5) is 40.3. The Morgan fingerprint density at radius 3 is 2.79 bits per heavy atom. The number of H-pyrrole nitrogens is 1. The summed E-state index contributed by atoms with van der Waals surface area (Å²) in [6.07, 6.45) is 0.673. The number of carbonyl (C=O) groups excluding carboxylic acids is 1. The van der Waals surface area contributed by atoms with E-state index in [1.165, 1.54) is 4.57 Å². The van der Waals surface area contributed by atoms with Gasteiger partial charge in [0.1, 0.15) is 5.75 Å². The fourth-order valence-electron chi connectivity index (χ4n) is 3.58. The van der Waals surface area contributed by atoms with Gasteiger partial charge in [-0.05, 0) is 38.1 Å². The minimum absolute atomic E-state index is 0.152. The lowest BCUT2D eigenvalue weighted by Crippen LogP contribution is -2.36. The molecule has 144 valence electrons. The minimum atomic E-state index is -0.483. The number of nitrogens with one attached hydrogen (secondary N) is 2. The Bertz CT molecular complexity index is 1180. The third-order valence-electron chi connectivity index (χ3n) is 4.97. The molecule has 0 saturated carbocycles. The summed E-state index contributed by atoms with van der Waals surface area (Å²) in [7, 11) is 0. The molecule has 0 fully saturated rings. The predicted molar refractivity (Wildman–Crippen MR) is 106 cm³/mol. The van der Waals surface area contributed by atoms with E-state index in [1.807, 2.05) is 24.3 Å². The highest BCUT2D eigenvalue weighted by Crippen LogP contribution is 2.31. The van der Waals surface area contributed by atoms with Gasteiger partial charge < -0.3 is 15.0 Å². The highest BCUT2D eigenvalue weighted by atomic mass is 16.5. The standard InChI is InChI=1S/C21H21N3O4/c1-12(2)24-20(26)15-8-7-13(11-17(15)23-21(24)27)19(25)22-16-9-10-28-18-6-4-3-5-14(16)18/h3-8,11-12,16H,9-10H2,1-2H3,(H,22,25)(H,23,27)/t16-/m0/s1. The fourth-order valence-corrected chi connectivity index (χ4v) is 3.58. The highest BCUT2D eigenvalue weighted by molar-refractivity contribution is 5.97. The van der Waals surface area contributed by atoms with Crippen molar-refractivity contribution in [3.63, 3.8) is 0 Å². The first kappa shape index (κ1) is 18.0. The van der Waals surface area contributed by atoms with Crippen LogP contribution in [0.5, 0.6) is 5.75 Å². The maximum atomic E-state index is 12.8. The molecule has 7 heteroatoms. The fraction of sp³-hybridized carbons (Fsp3) is 0.286. The van der Waals surface area contributed by atoms with E-state index in [2.05, 4.69) is 10.3 Å². The molecule has 0 bridgehead atoms. The smallest absolute Gasteiger partial charge is 0.329 e. The zero-order chi connectivity index (χ0) is 19.8. The van der Waals surface area contributed by atoms with Crippen LogP contribution in [0.1, 0.15) is 48.3 Å². The number of hydrogen-bond donors (Lipinski definition) is 2. The Kier molecular flexibility index (Phi) is 4.50. The molecule has 28 heavy (non-hydrogen) atoms. The van der Waals surface area contributed by atoms with Crippen molar-refractivity contribution >= 4 is 16.8 Å². The van der Waals surface area contributed by atoms with Crippen LogP contribution in [0.4, 0.5) is 0 Å². The van der Waals surface area contributed by atoms with Gasteiger partial charge >= 0.3 is 5.69 Å². The van der Waals surface area contributed by atoms with Crippen molar-refractivity contribution < 1.29 is 9.53 Å². The number of amides is 1. The average Bonchev–Trinajstić information content (AvgIpc) is 2.67. The molecule has 1 amide bonds. The van der Waals surface area contributed by atoms with Gasteiger partial charge in [-0.25, -0.2) is 4.79 Å². The molecule has 1 aliphatic rings. The largest absolute Gasteiger partial charge is 0.493 e. The van der Waals surface area contributed by atoms with Gasteiger partial charge in [-0.15, -0.1) is 0 Å². The Labute approximate surface area is 161 Å². The van der Waals surface area contributed by atoms with E-state index in [0.717, 1.165) is 11.3 Å². The summed E-state index contributed by atoms with van der Waals surface area (Å²) in [5, 5.41) is 3.40. The number of rotatable bonds is 3. The first-order valence-electron chi connectivity index (χ1n) is 9.27. The van der Waals surface area contributed by atoms with Crippen molar-refractivity contribution in [2.75, 3.05) is 6.61 Å². The number of hydrogen-bond acceptors (Lipinski definition) is 4. The van der Waals surface area contributed by atoms with Crippen molar-refractivity contribution in [2.45, 2.75) is 32.4 Å². The van der Waals surface area contributed by atoms with Crippen LogP contribution in [0, 0.1) is 0 Å². The van der Waals surface area contributed by atoms with E-state index in [1.54, 1.807) is 32.0 Å². The lowest BCUT2D eigenvalue weighted by Gasteiger charge is -2.26. The van der Waals surface area contributed by atoms with Gasteiger partial charge in [-0.1, -0.05) is 18.2 Å². The maximum absolute atomic E-state index is 12.8. The molecular formula is C21H21N3O4. The molecular weight excluding hydrogens is 358 g/mol. The summed E-state index contributed by atoms with van der Waals surface area (Å²) < 4.78 is 6.80. The molecule has 2 N–H and O–H groups in total. The summed E-state index contributed by atoms with van der Waals surface area (Å²) in [6.45, 7) is 4.08. The van der Waals surface area contributed by atoms with E-state index in [9.17, 15) is 14.4 Å². The number of nitrogens with zero attached hydrogens (tertiary/aromatic N) is 1. The van der Waals surface area contributed by atoms with Crippen LogP contribution in [-0.4, -0.2) is 22.1 Å². The van der Waals surface area contributed by atoms with E-state index < -0.39 is 5.69 Å². The van der Waals surface area contributed by atoms with Gasteiger partial charge in [0.15, 0.2) is 0 Å². The van der Waals surface area contributed by atoms with Gasteiger partial charge in [-0.3, -0.25) is 14.2 Å². The summed E-state index contributed by atoms with van der Waals surface area (Å²) >= 11 is 0. The second kappa shape index (κ2) is 6.99. The van der Waals surface area contributed by atoms with Crippen LogP contribution < -0.4 is 21.3 Å². The topological polar surface area (TPSA) is 93.2 Å². The van der Waals surface area contributed by atoms with Gasteiger partial charge in [0, 0.05) is 23.6 Å². The molecule has 0 unspecified atom stereocenters. The molecule has 7 nitrogen and oxygen atoms in total. The van der Waals surface area contributed by atoms with Gasteiger partial charge in [-0.2, -0.15) is 0 Å². The van der Waals surface area contributed by atoms with Gasteiger partial charge in [0.2, 0.25) is 0 Å². The molecule has 1 aliphatic heterocycles. The van der Waals surface area contributed by atoms with Crippen molar-refractivity contribution in [3.8, 4) is 5.75 Å². The zero-order valence-corrected chi connectivity index (χ0v) is 15.7. The number of benzene rings is 2. The van der Waals surface area contributed by atoms with E-state index in [-0.39, 0.29) is 23.6 Å². The van der Waals surface area contributed by atoms with Gasteiger partial charge in [0.25, 0.3) is 11.5 Å². The van der Waals surface area contributed by atoms with Crippen LogP contribution >= 0.6 is 0 Å². The van der Waals surface area contributed by atoms with Crippen LogP contribution in [0.25, 0.3) is 10.9 Å². The van der Waals surface area contributed by atoms with E-state index >= 15 is 0 Å². The van der Waals surface area contributed by atoms with Crippen LogP contribution in [0.3, 0.4) is 0 Å². The first-order chi connectivity index (χ1) is 13.5. The molecule has 0 aliphatic carbocycles. The quantitative estimate of drug-likeness (QED) is 0.731. The molecule has 0 radical (unpaired) electrons. The van der Waals surface area contributed by atoms with Crippen LogP contribution in [-0.2, 0) is 0 Å². The molecule has 2 heterocycles. The predicted octanol–water partition coefficient (Wildman–Crippen LogP) is 2.52. The lowest BCUT2D eigenvalue weighted by molar-refractivity contribution is 0.0925. The monoisotopic (exact) mass is 379 g/mol. The molecule has 4 rings (SSSR count). The average molecular weight is 379 g/mol. The van der Waals surface area contributed by atoms with Crippen LogP contribution in [0.2, 0.25) is 0 Å². The second-order valence-corrected chi connectivity index (χ2v) is 7.16. The SMILES string of the molecule is CC(C)n1c(=O)[nH]c2cc(C(=O)N[C@H]3CCOc4ccccc43)ccc2c1=O. The summed E-state index contributed by atoms with van der Waals surface area (Å²) in [5.74, 6) is 0.508. The molecule has 1 atom stereocenters. The minimum Gasteiger partial charge on any atom is -0.493 e. The van der Waals surface area contributed by atoms with E-state index in [0.29, 0.717) is 29.5 Å². The van der Waals surface area contributed by atoms with Crippen molar-refractivity contribution in [3.05, 3.63) is 74.4 Å². The van der Waals surface area contributed by atoms with Crippen molar-refractivity contribution in [1.82, 2.24) is 14.9 Å². The van der Waals surface area contributed by atoms with E-state index in [4.69, 9.17) is 4.74 Å². The normalized spacial score (nSPS) is 15.9. The highest BCUT2D eigenvalue weighted by Gasteiger charge is 2.23. The number of aromatic nitrogens is 2. The first-order valence-corrected chi connectivity index (χ1v) is 9.27.